The molecule has 0 amide bonds. The van der Waals surface area contributed by atoms with Crippen LogP contribution in [0.2, 0.25) is 0 Å². The number of rotatable bonds is 10. The van der Waals surface area contributed by atoms with E-state index in [1.54, 1.807) is 31.2 Å². The first kappa shape index (κ1) is 24.5. The van der Waals surface area contributed by atoms with Gasteiger partial charge in [0.15, 0.2) is 5.82 Å². The molecule has 1 aliphatic rings. The van der Waals surface area contributed by atoms with Gasteiger partial charge in [-0.1, -0.05) is 6.07 Å². The van der Waals surface area contributed by atoms with Gasteiger partial charge < -0.3 is 15.2 Å². The van der Waals surface area contributed by atoms with Crippen molar-refractivity contribution in [2.75, 3.05) is 32.6 Å². The van der Waals surface area contributed by atoms with E-state index in [1.165, 1.54) is 0 Å². The van der Waals surface area contributed by atoms with Crippen molar-refractivity contribution in [1.82, 2.24) is 25.2 Å². The van der Waals surface area contributed by atoms with Crippen molar-refractivity contribution in [2.24, 2.45) is 0 Å². The average Bonchev–Trinajstić information content (AvgIpc) is 3.26. The van der Waals surface area contributed by atoms with Gasteiger partial charge in [0.05, 0.1) is 29.7 Å². The SMILES string of the molecule is C[N+](C)(NC1CCC(Nc2nccc(-n3ncc4c(OCCCO)cccc43)n2)CC1)S(=O)O. The topological polar surface area (TPSA) is 134 Å². The number of hydrogen-bond donors (Lipinski definition) is 4. The highest BCUT2D eigenvalue weighted by Gasteiger charge is 2.31. The molecule has 1 aromatic carbocycles. The molecule has 1 atom stereocenters. The largest absolute Gasteiger partial charge is 0.493 e. The first-order valence-corrected chi connectivity index (χ1v) is 12.5. The molecular formula is C22H32N7O4S+. The van der Waals surface area contributed by atoms with Crippen LogP contribution in [0.15, 0.2) is 36.7 Å². The number of nitrogens with one attached hydrogen (secondary N) is 2. The number of aromatic nitrogens is 4. The number of aliphatic hydroxyl groups is 1. The number of benzene rings is 1. The van der Waals surface area contributed by atoms with Gasteiger partial charge in [-0.15, -0.1) is 9.42 Å². The molecule has 3 aromatic rings. The van der Waals surface area contributed by atoms with Crippen molar-refractivity contribution < 1.29 is 22.6 Å². The third-order valence-electron chi connectivity index (χ3n) is 5.94. The summed E-state index contributed by atoms with van der Waals surface area (Å²) in [5, 5.41) is 17.8. The van der Waals surface area contributed by atoms with E-state index < -0.39 is 11.3 Å². The zero-order valence-electron chi connectivity index (χ0n) is 19.4. The number of fused-ring (bicyclic) bond motifs is 1. The van der Waals surface area contributed by atoms with Gasteiger partial charge in [0.1, 0.15) is 19.8 Å². The highest BCUT2D eigenvalue weighted by Crippen LogP contribution is 2.27. The van der Waals surface area contributed by atoms with E-state index in [2.05, 4.69) is 25.8 Å². The highest BCUT2D eigenvalue weighted by molar-refractivity contribution is 7.73. The predicted octanol–water partition coefficient (Wildman–Crippen LogP) is 2.02. The van der Waals surface area contributed by atoms with Crippen LogP contribution in [0.3, 0.4) is 0 Å². The Hall–Kier alpha value is -2.64. The summed E-state index contributed by atoms with van der Waals surface area (Å²) in [6.45, 7) is 0.527. The molecule has 1 unspecified atom stereocenters. The van der Waals surface area contributed by atoms with E-state index in [9.17, 15) is 8.76 Å². The van der Waals surface area contributed by atoms with Crippen molar-refractivity contribution in [2.45, 2.75) is 44.2 Å². The molecule has 34 heavy (non-hydrogen) atoms. The normalized spacial score (nSPS) is 19.8. The lowest BCUT2D eigenvalue weighted by Gasteiger charge is -2.33. The highest BCUT2D eigenvalue weighted by atomic mass is 32.2. The van der Waals surface area contributed by atoms with E-state index in [0.717, 1.165) is 42.3 Å². The summed E-state index contributed by atoms with van der Waals surface area (Å²) in [6, 6.07) is 7.98. The molecular weight excluding hydrogens is 458 g/mol. The van der Waals surface area contributed by atoms with Crippen molar-refractivity contribution >= 4 is 28.1 Å². The van der Waals surface area contributed by atoms with Crippen LogP contribution in [0.25, 0.3) is 16.7 Å². The minimum Gasteiger partial charge on any atom is -0.493 e. The third kappa shape index (κ3) is 5.70. The van der Waals surface area contributed by atoms with Gasteiger partial charge in [0.2, 0.25) is 5.95 Å². The molecule has 0 saturated heterocycles. The van der Waals surface area contributed by atoms with Gasteiger partial charge in [0, 0.05) is 31.3 Å². The lowest BCUT2D eigenvalue weighted by Crippen LogP contribution is -2.57. The second kappa shape index (κ2) is 10.7. The Labute approximate surface area is 201 Å². The van der Waals surface area contributed by atoms with Crippen molar-refractivity contribution in [1.29, 1.82) is 0 Å². The Morgan fingerprint density at radius 3 is 2.71 bits per heavy atom. The minimum absolute atomic E-state index is 0.0882. The summed E-state index contributed by atoms with van der Waals surface area (Å²) in [5.41, 5.74) is 4.11. The van der Waals surface area contributed by atoms with Crippen LogP contribution in [-0.4, -0.2) is 77.0 Å². The van der Waals surface area contributed by atoms with Gasteiger partial charge in [-0.25, -0.2) is 9.67 Å². The van der Waals surface area contributed by atoms with Crippen molar-refractivity contribution in [3.63, 3.8) is 0 Å². The molecule has 2 heterocycles. The summed E-state index contributed by atoms with van der Waals surface area (Å²) < 4.78 is 28.3. The molecule has 0 aliphatic heterocycles. The molecule has 2 aromatic heterocycles. The van der Waals surface area contributed by atoms with Crippen LogP contribution in [-0.2, 0) is 11.3 Å². The standard InChI is InChI=1S/C22H31N7O4S/c1-29(2,34(31)32)27-17-9-7-16(8-10-17)25-22-23-12-11-21(26-22)28-19-5-3-6-20(18(19)15-24-28)33-14-4-13-30/h3,5-6,11-12,15-17,27,30H,4,7-10,13-14H2,1-2H3,(H-,23,25,26,31,32)/p+1. The molecule has 0 radical (unpaired) electrons. The van der Waals surface area contributed by atoms with Crippen LogP contribution in [0, 0.1) is 0 Å². The van der Waals surface area contributed by atoms with Gasteiger partial charge in [0.25, 0.3) is 0 Å². The zero-order chi connectivity index (χ0) is 24.1. The van der Waals surface area contributed by atoms with E-state index in [-0.39, 0.29) is 22.7 Å². The lowest BCUT2D eigenvalue weighted by molar-refractivity contribution is -0.816. The Balaban J connectivity index is 1.42. The van der Waals surface area contributed by atoms with Gasteiger partial charge in [-0.2, -0.15) is 14.3 Å². The van der Waals surface area contributed by atoms with E-state index in [4.69, 9.17) is 9.84 Å². The first-order chi connectivity index (χ1) is 16.4. The smallest absolute Gasteiger partial charge is 0.378 e. The maximum Gasteiger partial charge on any atom is 0.378 e. The fourth-order valence-corrected chi connectivity index (χ4v) is 4.39. The molecule has 12 heteroatoms. The minimum atomic E-state index is -1.98. The summed E-state index contributed by atoms with van der Waals surface area (Å²) >= 11 is -1.98. The Morgan fingerprint density at radius 2 is 1.97 bits per heavy atom. The Kier molecular flexibility index (Phi) is 7.73. The van der Waals surface area contributed by atoms with E-state index in [1.807, 2.05) is 24.3 Å². The second-order valence-electron chi connectivity index (χ2n) is 8.81. The quantitative estimate of drug-likeness (QED) is 0.146. The average molecular weight is 491 g/mol. The van der Waals surface area contributed by atoms with Gasteiger partial charge in [-0.05, 0) is 37.8 Å². The van der Waals surface area contributed by atoms with E-state index >= 15 is 0 Å². The van der Waals surface area contributed by atoms with Crippen molar-refractivity contribution in [3.8, 4) is 11.6 Å². The monoisotopic (exact) mass is 490 g/mol. The van der Waals surface area contributed by atoms with Crippen LogP contribution in [0.1, 0.15) is 32.1 Å². The van der Waals surface area contributed by atoms with Gasteiger partial charge >= 0.3 is 11.3 Å². The lowest BCUT2D eigenvalue weighted by atomic mass is 9.91. The predicted molar refractivity (Wildman–Crippen MR) is 130 cm³/mol. The third-order valence-corrected chi connectivity index (χ3v) is 6.82. The van der Waals surface area contributed by atoms with Crippen LogP contribution in [0.4, 0.5) is 5.95 Å². The van der Waals surface area contributed by atoms with Crippen LogP contribution < -0.4 is 15.5 Å². The molecule has 4 rings (SSSR count). The zero-order valence-corrected chi connectivity index (χ0v) is 20.2. The molecule has 1 fully saturated rings. The van der Waals surface area contributed by atoms with Crippen LogP contribution >= 0.6 is 0 Å². The summed E-state index contributed by atoms with van der Waals surface area (Å²) in [6.07, 6.45) is 7.63. The number of quaternary nitrogens is 1. The molecule has 1 saturated carbocycles. The maximum atomic E-state index is 11.5. The number of ether oxygens (including phenoxy) is 1. The number of hydrogen-bond acceptors (Lipinski definition) is 8. The van der Waals surface area contributed by atoms with Crippen LogP contribution in [0.5, 0.6) is 5.75 Å². The molecule has 184 valence electrons. The van der Waals surface area contributed by atoms with Gasteiger partial charge in [-0.3, -0.25) is 4.55 Å². The summed E-state index contributed by atoms with van der Waals surface area (Å²) in [4.78, 5) is 9.07. The molecule has 1 aliphatic carbocycles. The number of anilines is 1. The van der Waals surface area contributed by atoms with E-state index in [0.29, 0.717) is 24.8 Å². The Bertz CT molecular complexity index is 1130. The van der Waals surface area contributed by atoms with Crippen molar-refractivity contribution in [3.05, 3.63) is 36.7 Å². The molecule has 0 bridgehead atoms. The fraction of sp³-hybridized carbons (Fsp3) is 0.500. The molecule has 4 N–H and O–H groups in total. The maximum absolute atomic E-state index is 11.5. The second-order valence-corrected chi connectivity index (χ2v) is 10.2. The number of aliphatic hydroxyl groups excluding tert-OH is 1. The summed E-state index contributed by atoms with van der Waals surface area (Å²) in [5.74, 6) is 1.92. The molecule has 11 nitrogen and oxygen atoms in total. The number of nitrogens with zero attached hydrogens (tertiary/aromatic N) is 5. The first-order valence-electron chi connectivity index (χ1n) is 11.4. The molecule has 0 spiro atoms. The summed E-state index contributed by atoms with van der Waals surface area (Å²) in [7, 11) is 3.37. The Morgan fingerprint density at radius 1 is 1.21 bits per heavy atom. The fourth-order valence-electron chi connectivity index (χ4n) is 4.15.